The fraction of sp³-hybridized carbons (Fsp3) is 0.250. The van der Waals surface area contributed by atoms with Gasteiger partial charge in [0.1, 0.15) is 17.8 Å². The SMILES string of the molecule is COc1ccc(C=CCC=O)c(OC)c1. The molecule has 0 aliphatic rings. The Bertz CT molecular complexity index is 356. The highest BCUT2D eigenvalue weighted by atomic mass is 16.5. The summed E-state index contributed by atoms with van der Waals surface area (Å²) in [5.41, 5.74) is 0.931. The Kier molecular flexibility index (Phi) is 4.41. The van der Waals surface area contributed by atoms with Crippen molar-refractivity contribution >= 4 is 12.4 Å². The second kappa shape index (κ2) is 5.86. The van der Waals surface area contributed by atoms with Crippen LogP contribution in [0.4, 0.5) is 0 Å². The van der Waals surface area contributed by atoms with Crippen LogP contribution in [-0.2, 0) is 4.79 Å². The summed E-state index contributed by atoms with van der Waals surface area (Å²) < 4.78 is 10.3. The fourth-order valence-corrected chi connectivity index (χ4v) is 1.21. The molecule has 0 aromatic heterocycles. The number of benzene rings is 1. The standard InChI is InChI=1S/C12H14O3/c1-14-11-7-6-10(5-3-4-8-13)12(9-11)15-2/h3,5-9H,4H2,1-2H3. The number of hydrogen-bond acceptors (Lipinski definition) is 3. The molecular weight excluding hydrogens is 192 g/mol. The van der Waals surface area contributed by atoms with Crippen molar-refractivity contribution in [3.8, 4) is 11.5 Å². The molecule has 15 heavy (non-hydrogen) atoms. The molecule has 0 fully saturated rings. The minimum atomic E-state index is 0.412. The van der Waals surface area contributed by atoms with Crippen LogP contribution in [0.3, 0.4) is 0 Å². The first-order valence-corrected chi connectivity index (χ1v) is 4.64. The number of ether oxygens (including phenoxy) is 2. The van der Waals surface area contributed by atoms with Crippen LogP contribution >= 0.6 is 0 Å². The highest BCUT2D eigenvalue weighted by molar-refractivity contribution is 5.62. The molecule has 0 unspecified atom stereocenters. The summed E-state index contributed by atoms with van der Waals surface area (Å²) >= 11 is 0. The Morgan fingerprint density at radius 2 is 2.07 bits per heavy atom. The van der Waals surface area contributed by atoms with Crippen LogP contribution in [0.15, 0.2) is 24.3 Å². The normalized spacial score (nSPS) is 10.3. The van der Waals surface area contributed by atoms with E-state index in [9.17, 15) is 4.79 Å². The molecule has 0 heterocycles. The van der Waals surface area contributed by atoms with Crippen LogP contribution < -0.4 is 9.47 Å². The Hall–Kier alpha value is -1.77. The van der Waals surface area contributed by atoms with Crippen molar-refractivity contribution < 1.29 is 14.3 Å². The number of rotatable bonds is 5. The average molecular weight is 206 g/mol. The van der Waals surface area contributed by atoms with E-state index in [1.807, 2.05) is 18.2 Å². The molecule has 0 radical (unpaired) electrons. The highest BCUT2D eigenvalue weighted by Gasteiger charge is 2.01. The zero-order valence-corrected chi connectivity index (χ0v) is 8.90. The van der Waals surface area contributed by atoms with E-state index in [0.717, 1.165) is 23.3 Å². The summed E-state index contributed by atoms with van der Waals surface area (Å²) in [5, 5.41) is 0. The highest BCUT2D eigenvalue weighted by Crippen LogP contribution is 2.25. The van der Waals surface area contributed by atoms with Gasteiger partial charge in [-0.15, -0.1) is 0 Å². The molecule has 0 saturated carbocycles. The monoisotopic (exact) mass is 206 g/mol. The third kappa shape index (κ3) is 3.13. The largest absolute Gasteiger partial charge is 0.497 e. The first-order valence-electron chi connectivity index (χ1n) is 4.64. The molecule has 1 rings (SSSR count). The van der Waals surface area contributed by atoms with Crippen LogP contribution in [0.5, 0.6) is 11.5 Å². The molecule has 0 aliphatic heterocycles. The van der Waals surface area contributed by atoms with E-state index in [1.165, 1.54) is 0 Å². The lowest BCUT2D eigenvalue weighted by Crippen LogP contribution is -1.89. The predicted molar refractivity (Wildman–Crippen MR) is 59.3 cm³/mol. The average Bonchev–Trinajstić information content (AvgIpc) is 2.29. The number of hydrogen-bond donors (Lipinski definition) is 0. The van der Waals surface area contributed by atoms with Crippen molar-refractivity contribution in [1.82, 2.24) is 0 Å². The van der Waals surface area contributed by atoms with Gasteiger partial charge in [0.2, 0.25) is 0 Å². The number of aldehydes is 1. The van der Waals surface area contributed by atoms with Crippen LogP contribution in [0.25, 0.3) is 6.08 Å². The van der Waals surface area contributed by atoms with Crippen molar-refractivity contribution in [2.75, 3.05) is 14.2 Å². The second-order valence-corrected chi connectivity index (χ2v) is 2.91. The summed E-state index contributed by atoms with van der Waals surface area (Å²) in [4.78, 5) is 10.1. The van der Waals surface area contributed by atoms with Gasteiger partial charge in [0.05, 0.1) is 14.2 Å². The van der Waals surface area contributed by atoms with E-state index in [2.05, 4.69) is 0 Å². The lowest BCUT2D eigenvalue weighted by Gasteiger charge is -2.06. The second-order valence-electron chi connectivity index (χ2n) is 2.91. The molecule has 1 aromatic rings. The first kappa shape index (κ1) is 11.3. The van der Waals surface area contributed by atoms with Gasteiger partial charge in [-0.1, -0.05) is 12.2 Å². The van der Waals surface area contributed by atoms with Crippen LogP contribution in [0, 0.1) is 0 Å². The molecular formula is C12H14O3. The van der Waals surface area contributed by atoms with Crippen molar-refractivity contribution in [2.45, 2.75) is 6.42 Å². The maximum absolute atomic E-state index is 10.1. The quantitative estimate of drug-likeness (QED) is 0.693. The van der Waals surface area contributed by atoms with Gasteiger partial charge in [0.25, 0.3) is 0 Å². The van der Waals surface area contributed by atoms with Gasteiger partial charge in [-0.25, -0.2) is 0 Å². The topological polar surface area (TPSA) is 35.5 Å². The molecule has 0 N–H and O–H groups in total. The van der Waals surface area contributed by atoms with Gasteiger partial charge in [0, 0.05) is 18.1 Å². The van der Waals surface area contributed by atoms with Crippen molar-refractivity contribution in [3.63, 3.8) is 0 Å². The van der Waals surface area contributed by atoms with E-state index in [0.29, 0.717) is 6.42 Å². The summed E-state index contributed by atoms with van der Waals surface area (Å²) in [5.74, 6) is 1.48. The smallest absolute Gasteiger partial charge is 0.129 e. The number of carbonyl (C=O) groups excluding carboxylic acids is 1. The third-order valence-electron chi connectivity index (χ3n) is 1.97. The third-order valence-corrected chi connectivity index (χ3v) is 1.97. The van der Waals surface area contributed by atoms with E-state index in [4.69, 9.17) is 9.47 Å². The molecule has 1 aromatic carbocycles. The Balaban J connectivity index is 2.91. The van der Waals surface area contributed by atoms with Crippen LogP contribution in [0.2, 0.25) is 0 Å². The van der Waals surface area contributed by atoms with Gasteiger partial charge in [-0.2, -0.15) is 0 Å². The first-order chi connectivity index (χ1) is 7.31. The van der Waals surface area contributed by atoms with E-state index < -0.39 is 0 Å². The summed E-state index contributed by atoms with van der Waals surface area (Å²) in [6, 6.07) is 5.54. The summed E-state index contributed by atoms with van der Waals surface area (Å²) in [7, 11) is 3.21. The number of methoxy groups -OCH3 is 2. The molecule has 0 amide bonds. The number of allylic oxidation sites excluding steroid dienone is 1. The van der Waals surface area contributed by atoms with E-state index in [1.54, 1.807) is 26.4 Å². The zero-order valence-electron chi connectivity index (χ0n) is 8.90. The lowest BCUT2D eigenvalue weighted by molar-refractivity contribution is -0.107. The summed E-state index contributed by atoms with van der Waals surface area (Å²) in [6.07, 6.45) is 4.91. The maximum Gasteiger partial charge on any atom is 0.129 e. The number of carbonyl (C=O) groups is 1. The van der Waals surface area contributed by atoms with Crippen molar-refractivity contribution in [1.29, 1.82) is 0 Å². The molecule has 0 aliphatic carbocycles. The summed E-state index contributed by atoms with van der Waals surface area (Å²) in [6.45, 7) is 0. The van der Waals surface area contributed by atoms with Crippen molar-refractivity contribution in [2.24, 2.45) is 0 Å². The van der Waals surface area contributed by atoms with Gasteiger partial charge < -0.3 is 14.3 Å². The Morgan fingerprint density at radius 3 is 2.67 bits per heavy atom. The Labute approximate surface area is 89.3 Å². The van der Waals surface area contributed by atoms with E-state index in [-0.39, 0.29) is 0 Å². The molecule has 0 spiro atoms. The van der Waals surface area contributed by atoms with Crippen LogP contribution in [0.1, 0.15) is 12.0 Å². The molecule has 3 nitrogen and oxygen atoms in total. The minimum Gasteiger partial charge on any atom is -0.497 e. The molecule has 0 atom stereocenters. The van der Waals surface area contributed by atoms with E-state index >= 15 is 0 Å². The molecule has 0 bridgehead atoms. The van der Waals surface area contributed by atoms with Gasteiger partial charge in [-0.05, 0) is 12.1 Å². The van der Waals surface area contributed by atoms with Crippen molar-refractivity contribution in [3.05, 3.63) is 29.8 Å². The Morgan fingerprint density at radius 1 is 1.27 bits per heavy atom. The fourth-order valence-electron chi connectivity index (χ4n) is 1.21. The van der Waals surface area contributed by atoms with Crippen LogP contribution in [-0.4, -0.2) is 20.5 Å². The molecule has 0 saturated heterocycles. The maximum atomic E-state index is 10.1. The van der Waals surface area contributed by atoms with Gasteiger partial charge in [0.15, 0.2) is 0 Å². The lowest BCUT2D eigenvalue weighted by atomic mass is 10.1. The molecule has 3 heteroatoms. The van der Waals surface area contributed by atoms with Gasteiger partial charge >= 0.3 is 0 Å². The molecule has 80 valence electrons. The zero-order chi connectivity index (χ0) is 11.1. The van der Waals surface area contributed by atoms with Gasteiger partial charge in [-0.3, -0.25) is 0 Å². The minimum absolute atomic E-state index is 0.412. The predicted octanol–water partition coefficient (Wildman–Crippen LogP) is 2.31.